The SMILES string of the molecule is CC(C)(CO)COc1cc(F)c(CNc2nc3nc(O[C@@H]4CO[C@H]5[C@@H]4OC[C@H]5O)[nH]c3cc2Cl)c(F)c1. The molecule has 0 aliphatic carbocycles. The van der Waals surface area contributed by atoms with Gasteiger partial charge in [-0.1, -0.05) is 25.4 Å². The highest BCUT2D eigenvalue weighted by Crippen LogP contribution is 2.31. The summed E-state index contributed by atoms with van der Waals surface area (Å²) in [5, 5.41) is 22.2. The van der Waals surface area contributed by atoms with Gasteiger partial charge >= 0.3 is 0 Å². The van der Waals surface area contributed by atoms with Crippen molar-refractivity contribution in [1.29, 1.82) is 0 Å². The average Bonchev–Trinajstić information content (AvgIpc) is 3.54. The van der Waals surface area contributed by atoms with Gasteiger partial charge in [0.1, 0.15) is 41.5 Å². The van der Waals surface area contributed by atoms with E-state index in [9.17, 15) is 19.0 Å². The number of pyridine rings is 1. The quantitative estimate of drug-likeness (QED) is 0.323. The van der Waals surface area contributed by atoms with Crippen LogP contribution in [0.2, 0.25) is 5.02 Å². The van der Waals surface area contributed by atoms with Gasteiger partial charge in [-0.2, -0.15) is 4.98 Å². The lowest BCUT2D eigenvalue weighted by molar-refractivity contribution is 0.00706. The molecule has 0 bridgehead atoms. The second kappa shape index (κ2) is 10.2. The van der Waals surface area contributed by atoms with E-state index in [0.717, 1.165) is 12.1 Å². The third-order valence-corrected chi connectivity index (χ3v) is 6.54. The van der Waals surface area contributed by atoms with E-state index >= 15 is 0 Å². The smallest absolute Gasteiger partial charge is 0.296 e. The largest absolute Gasteiger partial charge is 0.493 e. The van der Waals surface area contributed by atoms with Gasteiger partial charge in [-0.25, -0.2) is 13.8 Å². The second-order valence-corrected chi connectivity index (χ2v) is 10.3. The summed E-state index contributed by atoms with van der Waals surface area (Å²) in [5.74, 6) is -1.39. The number of rotatable bonds is 9. The number of halogens is 3. The first-order chi connectivity index (χ1) is 17.6. The van der Waals surface area contributed by atoms with Gasteiger partial charge in [0.25, 0.3) is 6.01 Å². The maximum Gasteiger partial charge on any atom is 0.296 e. The predicted octanol–water partition coefficient (Wildman–Crippen LogP) is 2.80. The summed E-state index contributed by atoms with van der Waals surface area (Å²) in [5.41, 5.74) is 0.0113. The molecular weight excluding hydrogens is 514 g/mol. The number of aromatic amines is 1. The first kappa shape index (κ1) is 25.9. The number of aliphatic hydroxyl groups is 2. The number of aromatic nitrogens is 3. The minimum atomic E-state index is -0.798. The number of benzene rings is 1. The van der Waals surface area contributed by atoms with Crippen LogP contribution < -0.4 is 14.8 Å². The van der Waals surface area contributed by atoms with Gasteiger partial charge in [-0.15, -0.1) is 0 Å². The maximum absolute atomic E-state index is 14.7. The van der Waals surface area contributed by atoms with E-state index in [1.54, 1.807) is 19.9 Å². The highest BCUT2D eigenvalue weighted by Gasteiger charge is 2.48. The molecule has 2 saturated heterocycles. The Balaban J connectivity index is 1.26. The number of aliphatic hydroxyl groups excluding tert-OH is 2. The molecule has 37 heavy (non-hydrogen) atoms. The molecule has 2 aromatic heterocycles. The molecule has 4 atom stereocenters. The highest BCUT2D eigenvalue weighted by atomic mass is 35.5. The van der Waals surface area contributed by atoms with Gasteiger partial charge in [0.15, 0.2) is 11.8 Å². The van der Waals surface area contributed by atoms with Crippen molar-refractivity contribution in [3.63, 3.8) is 0 Å². The van der Waals surface area contributed by atoms with Crippen molar-refractivity contribution in [3.8, 4) is 11.8 Å². The minimum absolute atomic E-state index is 0.0263. The summed E-state index contributed by atoms with van der Waals surface area (Å²) in [6.45, 7) is 3.70. The molecule has 0 spiro atoms. The first-order valence-corrected chi connectivity index (χ1v) is 12.1. The second-order valence-electron chi connectivity index (χ2n) is 9.88. The lowest BCUT2D eigenvalue weighted by Gasteiger charge is -2.22. The fourth-order valence-corrected chi connectivity index (χ4v) is 4.31. The molecule has 0 radical (unpaired) electrons. The lowest BCUT2D eigenvalue weighted by atomic mass is 9.96. The molecule has 200 valence electrons. The molecule has 10 nitrogen and oxygen atoms in total. The topological polar surface area (TPSA) is 131 Å². The molecule has 0 amide bonds. The Morgan fingerprint density at radius 1 is 1.16 bits per heavy atom. The van der Waals surface area contributed by atoms with Crippen LogP contribution >= 0.6 is 11.6 Å². The number of H-pyrrole nitrogens is 1. The molecule has 0 unspecified atom stereocenters. The van der Waals surface area contributed by atoms with Crippen LogP contribution in [0.4, 0.5) is 14.6 Å². The van der Waals surface area contributed by atoms with Gasteiger partial charge in [0.2, 0.25) is 0 Å². The Labute approximate surface area is 215 Å². The first-order valence-electron chi connectivity index (χ1n) is 11.7. The van der Waals surface area contributed by atoms with Gasteiger partial charge in [0.05, 0.1) is 37.0 Å². The Hall–Kier alpha value is -2.77. The fourth-order valence-electron chi connectivity index (χ4n) is 4.09. The number of nitrogens with one attached hydrogen (secondary N) is 2. The summed E-state index contributed by atoms with van der Waals surface area (Å²) in [4.78, 5) is 11.6. The van der Waals surface area contributed by atoms with E-state index in [2.05, 4.69) is 20.3 Å². The van der Waals surface area contributed by atoms with Crippen LogP contribution in [0.1, 0.15) is 19.4 Å². The molecule has 2 aliphatic rings. The number of hydrogen-bond acceptors (Lipinski definition) is 9. The van der Waals surface area contributed by atoms with Crippen molar-refractivity contribution in [2.75, 3.05) is 31.7 Å². The standard InChI is InChI=1S/C24H27ClF2N4O6/c1-24(2,9-32)10-36-11-3-14(26)12(15(27)4-11)6-28-21-13(25)5-16-22(30-21)31-23(29-16)37-18-8-35-19-17(33)7-34-20(18)19/h3-5,17-20,32-33H,6-10H2,1-2H3,(H2,28,29,30,31)/t17-,18-,19-,20-/m1/s1. The highest BCUT2D eigenvalue weighted by molar-refractivity contribution is 6.33. The van der Waals surface area contributed by atoms with Crippen LogP contribution in [0, 0.1) is 17.0 Å². The van der Waals surface area contributed by atoms with Gasteiger partial charge in [-0.3, -0.25) is 0 Å². The van der Waals surface area contributed by atoms with Crippen molar-refractivity contribution >= 4 is 28.6 Å². The molecule has 13 heteroatoms. The number of imidazole rings is 1. The third-order valence-electron chi connectivity index (χ3n) is 6.25. The number of fused-ring (bicyclic) bond motifs is 2. The normalized spacial score (nSPS) is 23.4. The number of hydrogen-bond donors (Lipinski definition) is 4. The minimum Gasteiger partial charge on any atom is -0.493 e. The zero-order chi connectivity index (χ0) is 26.3. The van der Waals surface area contributed by atoms with Gasteiger partial charge < -0.3 is 39.5 Å². The van der Waals surface area contributed by atoms with E-state index in [1.165, 1.54) is 0 Å². The molecule has 5 rings (SSSR count). The van der Waals surface area contributed by atoms with Crippen LogP contribution in [0.3, 0.4) is 0 Å². The summed E-state index contributed by atoms with van der Waals surface area (Å²) in [6.07, 6.45) is -1.99. The maximum atomic E-state index is 14.7. The number of nitrogens with zero attached hydrogens (tertiary/aromatic N) is 2. The van der Waals surface area contributed by atoms with Crippen LogP contribution in [0.5, 0.6) is 11.8 Å². The molecule has 3 aromatic rings. The zero-order valence-corrected chi connectivity index (χ0v) is 20.9. The van der Waals surface area contributed by atoms with Gasteiger partial charge in [0, 0.05) is 29.7 Å². The van der Waals surface area contributed by atoms with E-state index in [0.29, 0.717) is 5.52 Å². The van der Waals surface area contributed by atoms with Crippen LogP contribution in [-0.2, 0) is 16.0 Å². The molecule has 4 N–H and O–H groups in total. The van der Waals surface area contributed by atoms with Crippen LogP contribution in [0.15, 0.2) is 18.2 Å². The summed E-state index contributed by atoms with van der Waals surface area (Å²) >= 11 is 6.33. The van der Waals surface area contributed by atoms with E-state index in [-0.39, 0.29) is 66.8 Å². The Morgan fingerprint density at radius 3 is 2.62 bits per heavy atom. The van der Waals surface area contributed by atoms with E-state index < -0.39 is 41.5 Å². The van der Waals surface area contributed by atoms with Gasteiger partial charge in [-0.05, 0) is 6.07 Å². The lowest BCUT2D eigenvalue weighted by Crippen LogP contribution is -2.34. The molecule has 0 saturated carbocycles. The fraction of sp³-hybridized carbons (Fsp3) is 0.500. The Kier molecular flexibility index (Phi) is 7.12. The molecule has 2 fully saturated rings. The van der Waals surface area contributed by atoms with Crippen molar-refractivity contribution in [3.05, 3.63) is 40.4 Å². The van der Waals surface area contributed by atoms with Crippen molar-refractivity contribution in [1.82, 2.24) is 15.0 Å². The molecule has 1 aromatic carbocycles. The van der Waals surface area contributed by atoms with Crippen molar-refractivity contribution in [2.45, 2.75) is 44.8 Å². The summed E-state index contributed by atoms with van der Waals surface area (Å²) in [7, 11) is 0. The molecular formula is C24H27ClF2N4O6. The van der Waals surface area contributed by atoms with E-state index in [1.807, 2.05) is 0 Å². The number of ether oxygens (including phenoxy) is 4. The third kappa shape index (κ3) is 5.43. The van der Waals surface area contributed by atoms with Crippen LogP contribution in [0.25, 0.3) is 11.2 Å². The van der Waals surface area contributed by atoms with Crippen molar-refractivity contribution < 1.29 is 37.9 Å². The Bertz CT molecular complexity index is 1270. The molecule has 2 aliphatic heterocycles. The monoisotopic (exact) mass is 540 g/mol. The van der Waals surface area contributed by atoms with E-state index in [4.69, 9.17) is 30.5 Å². The zero-order valence-electron chi connectivity index (χ0n) is 20.1. The van der Waals surface area contributed by atoms with Crippen molar-refractivity contribution in [2.24, 2.45) is 5.41 Å². The molecule has 4 heterocycles. The Morgan fingerprint density at radius 2 is 1.89 bits per heavy atom. The predicted molar refractivity (Wildman–Crippen MR) is 129 cm³/mol. The number of anilines is 1. The van der Waals surface area contributed by atoms with Crippen LogP contribution in [-0.4, -0.2) is 76.0 Å². The summed E-state index contributed by atoms with van der Waals surface area (Å²) in [6, 6.07) is 3.93. The average molecular weight is 541 g/mol. The summed E-state index contributed by atoms with van der Waals surface area (Å²) < 4.78 is 51.7.